The van der Waals surface area contributed by atoms with Crippen molar-refractivity contribution in [2.75, 3.05) is 6.26 Å². The average Bonchev–Trinajstić information content (AvgIpc) is 2.82. The summed E-state index contributed by atoms with van der Waals surface area (Å²) >= 11 is 0. The SMILES string of the molecule is Cc1ccc(S(=O)(=O)Oc2cccc3c(S(=O)(=O)NCc4ccc(S(C)(=O)=O)cc4)cccc23)cc1. The summed E-state index contributed by atoms with van der Waals surface area (Å²) in [4.78, 5) is 0.0691. The van der Waals surface area contributed by atoms with E-state index in [2.05, 4.69) is 4.72 Å². The van der Waals surface area contributed by atoms with Crippen LogP contribution in [-0.4, -0.2) is 31.5 Å². The predicted octanol–water partition coefficient (Wildman–Crippen LogP) is 3.80. The molecule has 0 saturated heterocycles. The van der Waals surface area contributed by atoms with Gasteiger partial charge in [-0.1, -0.05) is 54.1 Å². The van der Waals surface area contributed by atoms with Gasteiger partial charge in [-0.25, -0.2) is 21.6 Å². The molecule has 0 aliphatic heterocycles. The van der Waals surface area contributed by atoms with E-state index in [9.17, 15) is 25.3 Å². The van der Waals surface area contributed by atoms with Gasteiger partial charge in [0, 0.05) is 23.6 Å². The molecule has 0 unspecified atom stereocenters. The molecule has 0 aliphatic carbocycles. The van der Waals surface area contributed by atoms with E-state index >= 15 is 0 Å². The predicted molar refractivity (Wildman–Crippen MR) is 137 cm³/mol. The van der Waals surface area contributed by atoms with E-state index in [0.29, 0.717) is 10.9 Å². The summed E-state index contributed by atoms with van der Waals surface area (Å²) in [7, 11) is -11.5. The lowest BCUT2D eigenvalue weighted by Crippen LogP contribution is -2.23. The standard InChI is InChI=1S/C25H23NO7S3/c1-18-9-13-21(14-10-18)36(31,32)33-24-7-3-6-23-22(24)5-4-8-25(23)35(29,30)26-17-19-11-15-20(16-12-19)34(2,27)28/h3-16,26H,17H2,1-2H3. The van der Waals surface area contributed by atoms with Crippen molar-refractivity contribution in [3.05, 3.63) is 96.1 Å². The van der Waals surface area contributed by atoms with Crippen LogP contribution in [0.15, 0.2) is 99.6 Å². The monoisotopic (exact) mass is 545 g/mol. The van der Waals surface area contributed by atoms with Crippen molar-refractivity contribution in [3.63, 3.8) is 0 Å². The van der Waals surface area contributed by atoms with Gasteiger partial charge < -0.3 is 4.18 Å². The Bertz CT molecular complexity index is 1750. The Balaban J connectivity index is 1.63. The van der Waals surface area contributed by atoms with E-state index < -0.39 is 30.0 Å². The Morgan fingerprint density at radius 1 is 0.694 bits per heavy atom. The highest BCUT2D eigenvalue weighted by atomic mass is 32.2. The zero-order valence-electron chi connectivity index (χ0n) is 19.4. The highest BCUT2D eigenvalue weighted by Crippen LogP contribution is 2.32. The van der Waals surface area contributed by atoms with Crippen molar-refractivity contribution in [1.29, 1.82) is 0 Å². The molecule has 0 aromatic heterocycles. The molecule has 0 fully saturated rings. The van der Waals surface area contributed by atoms with Gasteiger partial charge >= 0.3 is 10.1 Å². The molecule has 36 heavy (non-hydrogen) atoms. The van der Waals surface area contributed by atoms with Gasteiger partial charge in [0.2, 0.25) is 10.0 Å². The van der Waals surface area contributed by atoms with Crippen LogP contribution in [-0.2, 0) is 36.5 Å². The highest BCUT2D eigenvalue weighted by molar-refractivity contribution is 7.90. The van der Waals surface area contributed by atoms with Gasteiger partial charge in [0.15, 0.2) is 15.6 Å². The molecule has 0 amide bonds. The fraction of sp³-hybridized carbons (Fsp3) is 0.120. The van der Waals surface area contributed by atoms with E-state index in [0.717, 1.165) is 11.8 Å². The molecule has 188 valence electrons. The quantitative estimate of drug-likeness (QED) is 0.334. The molecule has 4 rings (SSSR count). The lowest BCUT2D eigenvalue weighted by molar-refractivity contribution is 0.488. The topological polar surface area (TPSA) is 124 Å². The molecular formula is C25H23NO7S3. The van der Waals surface area contributed by atoms with Crippen molar-refractivity contribution >= 4 is 40.8 Å². The first-order valence-corrected chi connectivity index (χ1v) is 15.5. The van der Waals surface area contributed by atoms with Crippen LogP contribution in [0.4, 0.5) is 0 Å². The minimum absolute atomic E-state index is 0.00138. The van der Waals surface area contributed by atoms with Gasteiger partial charge in [-0.2, -0.15) is 8.42 Å². The van der Waals surface area contributed by atoms with Crippen LogP contribution in [0.1, 0.15) is 11.1 Å². The van der Waals surface area contributed by atoms with E-state index in [1.54, 1.807) is 24.3 Å². The van der Waals surface area contributed by atoms with Crippen molar-refractivity contribution in [2.24, 2.45) is 0 Å². The number of rotatable bonds is 8. The summed E-state index contributed by atoms with van der Waals surface area (Å²) in [5.74, 6) is 0.00138. The molecule has 0 aliphatic rings. The molecule has 1 N–H and O–H groups in total. The van der Waals surface area contributed by atoms with Gasteiger partial charge in [0.05, 0.1) is 9.79 Å². The molecule has 0 spiro atoms. The van der Waals surface area contributed by atoms with Crippen molar-refractivity contribution in [3.8, 4) is 5.75 Å². The smallest absolute Gasteiger partial charge is 0.339 e. The first-order valence-electron chi connectivity index (χ1n) is 10.7. The lowest BCUT2D eigenvalue weighted by atomic mass is 10.1. The summed E-state index contributed by atoms with van der Waals surface area (Å²) in [5, 5.41) is 0.600. The number of nitrogens with one attached hydrogen (secondary N) is 1. The zero-order chi connectivity index (χ0) is 26.1. The van der Waals surface area contributed by atoms with Crippen LogP contribution in [0.3, 0.4) is 0 Å². The maximum absolute atomic E-state index is 13.1. The van der Waals surface area contributed by atoms with Crippen LogP contribution in [0, 0.1) is 6.92 Å². The summed E-state index contributed by atoms with van der Waals surface area (Å²) in [6.45, 7) is 1.77. The highest BCUT2D eigenvalue weighted by Gasteiger charge is 2.21. The van der Waals surface area contributed by atoms with Crippen LogP contribution in [0.5, 0.6) is 5.75 Å². The third kappa shape index (κ3) is 5.59. The molecule has 8 nitrogen and oxygen atoms in total. The minimum Gasteiger partial charge on any atom is -0.378 e. The second kappa shape index (κ2) is 9.66. The first-order chi connectivity index (χ1) is 16.9. The molecular weight excluding hydrogens is 522 g/mol. The molecule has 0 saturated carbocycles. The molecule has 11 heteroatoms. The normalized spacial score (nSPS) is 12.5. The lowest BCUT2D eigenvalue weighted by Gasteiger charge is -2.13. The fourth-order valence-electron chi connectivity index (χ4n) is 3.54. The third-order valence-corrected chi connectivity index (χ3v) is 9.29. The molecule has 4 aromatic carbocycles. The fourth-order valence-corrected chi connectivity index (χ4v) is 6.36. The second-order valence-corrected chi connectivity index (χ2v) is 13.5. The van der Waals surface area contributed by atoms with Gasteiger partial charge in [0.25, 0.3) is 0 Å². The number of hydrogen-bond acceptors (Lipinski definition) is 7. The van der Waals surface area contributed by atoms with Crippen molar-refractivity contribution < 1.29 is 29.4 Å². The van der Waals surface area contributed by atoms with Crippen molar-refractivity contribution in [2.45, 2.75) is 28.2 Å². The van der Waals surface area contributed by atoms with Gasteiger partial charge in [-0.3, -0.25) is 0 Å². The van der Waals surface area contributed by atoms with E-state index in [4.69, 9.17) is 4.18 Å². The Hall–Kier alpha value is -3.25. The number of sulfone groups is 1. The third-order valence-electron chi connectivity index (χ3n) is 5.46. The molecule has 0 bridgehead atoms. The Kier molecular flexibility index (Phi) is 6.93. The Morgan fingerprint density at radius 3 is 1.92 bits per heavy atom. The number of hydrogen-bond donors (Lipinski definition) is 1. The molecule has 0 atom stereocenters. The van der Waals surface area contributed by atoms with E-state index in [-0.39, 0.29) is 32.4 Å². The van der Waals surface area contributed by atoms with E-state index in [1.165, 1.54) is 60.7 Å². The zero-order valence-corrected chi connectivity index (χ0v) is 21.8. The Labute approximate surface area is 210 Å². The van der Waals surface area contributed by atoms with Crippen LogP contribution < -0.4 is 8.91 Å². The number of fused-ring (bicyclic) bond motifs is 1. The van der Waals surface area contributed by atoms with Gasteiger partial charge in [-0.05, 0) is 48.9 Å². The van der Waals surface area contributed by atoms with E-state index in [1.807, 2.05) is 6.92 Å². The summed E-state index contributed by atoms with van der Waals surface area (Å²) < 4.78 is 83.0. The molecule has 0 heterocycles. The average molecular weight is 546 g/mol. The first kappa shape index (κ1) is 25.8. The summed E-state index contributed by atoms with van der Waals surface area (Å²) in [6.07, 6.45) is 1.09. The van der Waals surface area contributed by atoms with Crippen LogP contribution >= 0.6 is 0 Å². The maximum Gasteiger partial charge on any atom is 0.339 e. The van der Waals surface area contributed by atoms with Gasteiger partial charge in [-0.15, -0.1) is 0 Å². The second-order valence-electron chi connectivity index (χ2n) is 8.20. The number of sulfonamides is 1. The Morgan fingerprint density at radius 2 is 1.28 bits per heavy atom. The number of benzene rings is 4. The summed E-state index contributed by atoms with van der Waals surface area (Å²) in [5.41, 5.74) is 1.47. The minimum atomic E-state index is -4.14. The largest absolute Gasteiger partial charge is 0.378 e. The summed E-state index contributed by atoms with van der Waals surface area (Å²) in [6, 6.07) is 21.1. The molecule has 0 radical (unpaired) electrons. The number of aryl methyl sites for hydroxylation is 1. The maximum atomic E-state index is 13.1. The van der Waals surface area contributed by atoms with Gasteiger partial charge in [0.1, 0.15) is 4.90 Å². The van der Waals surface area contributed by atoms with Crippen LogP contribution in [0.25, 0.3) is 10.8 Å². The van der Waals surface area contributed by atoms with Crippen LogP contribution in [0.2, 0.25) is 0 Å². The molecule has 4 aromatic rings. The van der Waals surface area contributed by atoms with Crippen molar-refractivity contribution in [1.82, 2.24) is 4.72 Å².